The molecule has 0 aromatic carbocycles. The average Bonchev–Trinajstić information content (AvgIpc) is 1.61. The Bertz CT molecular complexity index is 4100. The zero-order chi connectivity index (χ0) is 65.2. The molecule has 20 nitrogen and oxygen atoms in total. The van der Waals surface area contributed by atoms with Gasteiger partial charge >= 0.3 is 23.9 Å². The van der Waals surface area contributed by atoms with Gasteiger partial charge in [0.25, 0.3) is 23.6 Å². The topological polar surface area (TPSA) is 285 Å². The Labute approximate surface area is 520 Å². The van der Waals surface area contributed by atoms with Crippen molar-refractivity contribution in [3.8, 4) is 0 Å². The number of rotatable bonds is 22. The van der Waals surface area contributed by atoms with E-state index in [4.69, 9.17) is 18.9 Å². The van der Waals surface area contributed by atoms with Gasteiger partial charge in [0.1, 0.15) is 0 Å². The summed E-state index contributed by atoms with van der Waals surface area (Å²) in [7, 11) is 5.36. The van der Waals surface area contributed by atoms with Crippen molar-refractivity contribution >= 4 is 95.4 Å². The summed E-state index contributed by atoms with van der Waals surface area (Å²) in [5.41, 5.74) is 16.4. The molecule has 2 atom stereocenters. The average molecular weight is 1220 g/mol. The number of ether oxygens (including phenoxy) is 4. The fourth-order valence-corrected chi connectivity index (χ4v) is 12.7. The number of aliphatic imine (C=N–C) groups is 2. The molecule has 468 valence electrons. The minimum atomic E-state index is -0.392. The number of hydrogen-bond acceptors (Lipinski definition) is 12. The van der Waals surface area contributed by atoms with Crippen molar-refractivity contribution in [2.45, 2.75) is 120 Å². The number of methoxy groups -OCH3 is 4. The lowest BCUT2D eigenvalue weighted by Gasteiger charge is -2.38. The van der Waals surface area contributed by atoms with Gasteiger partial charge in [0.2, 0.25) is 0 Å². The number of carbonyl (C=O) groups is 8. The molecule has 4 amide bonds. The van der Waals surface area contributed by atoms with Crippen molar-refractivity contribution in [2.24, 2.45) is 21.8 Å². The van der Waals surface area contributed by atoms with Gasteiger partial charge in [-0.2, -0.15) is 0 Å². The van der Waals surface area contributed by atoms with Crippen LogP contribution in [0.15, 0.2) is 91.3 Å². The summed E-state index contributed by atoms with van der Waals surface area (Å²) in [6.45, 7) is 22.8. The number of nitrogens with one attached hydrogen (secondary N) is 6. The zero-order valence-corrected chi connectivity index (χ0v) is 53.1. The Morgan fingerprint density at radius 2 is 0.767 bits per heavy atom. The second kappa shape index (κ2) is 26.8. The number of amides is 4. The third-order valence-electron chi connectivity index (χ3n) is 18.2. The van der Waals surface area contributed by atoms with Gasteiger partial charge < -0.3 is 49.5 Å². The molecule has 6 N–H and O–H groups in total. The molecule has 4 aliphatic heterocycles. The smallest absolute Gasteiger partial charge is 0.305 e. The van der Waals surface area contributed by atoms with Gasteiger partial charge in [-0.05, 0) is 198 Å². The minimum absolute atomic E-state index is 0.0853. The molecule has 0 unspecified atom stereocenters. The van der Waals surface area contributed by atoms with E-state index in [9.17, 15) is 38.4 Å². The molecule has 4 aromatic heterocycles. The Balaban J connectivity index is 1.06. The predicted molar refractivity (Wildman–Crippen MR) is 343 cm³/mol. The lowest BCUT2D eigenvalue weighted by atomic mass is 9.64. The number of aromatic amines is 4. The van der Waals surface area contributed by atoms with E-state index in [0.717, 1.165) is 44.5 Å². The lowest BCUT2D eigenvalue weighted by molar-refractivity contribution is -0.141. The first kappa shape index (κ1) is 64.5. The molecule has 0 bridgehead atoms. The van der Waals surface area contributed by atoms with E-state index < -0.39 is 11.9 Å². The normalized spacial score (nSPS) is 19.3. The van der Waals surface area contributed by atoms with E-state index in [-0.39, 0.29) is 73.1 Å². The van der Waals surface area contributed by atoms with E-state index in [1.807, 2.05) is 78.0 Å². The molecule has 8 heterocycles. The maximum Gasteiger partial charge on any atom is 0.305 e. The van der Waals surface area contributed by atoms with Crippen LogP contribution in [0.3, 0.4) is 0 Å². The van der Waals surface area contributed by atoms with Crippen molar-refractivity contribution < 1.29 is 57.3 Å². The summed E-state index contributed by atoms with van der Waals surface area (Å²) in [5, 5.41) is 8.51. The van der Waals surface area contributed by atoms with E-state index in [1.165, 1.54) is 28.4 Å². The Morgan fingerprint density at radius 1 is 0.433 bits per heavy atom. The molecule has 0 radical (unpaired) electrons. The molecule has 9 rings (SSSR count). The molecule has 1 fully saturated rings. The molecule has 1 saturated carbocycles. The van der Waals surface area contributed by atoms with Crippen LogP contribution in [-0.2, 0) is 83.0 Å². The first-order valence-corrected chi connectivity index (χ1v) is 29.9. The second-order valence-electron chi connectivity index (χ2n) is 23.1. The largest absolute Gasteiger partial charge is 0.469 e. The monoisotopic (exact) mass is 1220 g/mol. The first-order chi connectivity index (χ1) is 42.9. The molecule has 4 aromatic rings. The summed E-state index contributed by atoms with van der Waals surface area (Å²) in [6.07, 6.45) is 17.5. The minimum Gasteiger partial charge on any atom is -0.469 e. The fourth-order valence-electron chi connectivity index (χ4n) is 12.7. The summed E-state index contributed by atoms with van der Waals surface area (Å²) >= 11 is 0. The highest BCUT2D eigenvalue weighted by atomic mass is 16.5. The third kappa shape index (κ3) is 12.7. The first-order valence-electron chi connectivity index (χ1n) is 29.9. The third-order valence-corrected chi connectivity index (χ3v) is 18.2. The van der Waals surface area contributed by atoms with Crippen molar-refractivity contribution in [1.82, 2.24) is 30.6 Å². The van der Waals surface area contributed by atoms with Crippen LogP contribution >= 0.6 is 0 Å². The number of hydrogen-bond donors (Lipinski definition) is 6. The molecule has 5 aliphatic rings. The summed E-state index contributed by atoms with van der Waals surface area (Å²) in [4.78, 5) is 127. The SMILES string of the molecule is C=CC1=C(C)C(=O)N/C1=C\c1[nH]c(/C=c2\[nH]/c(=C/C3=NC(=O)C([C@@H]4CC[C@@H]4C4=C(C)C(/C=c5\[nH]/c(=C/c6[nH]c(/C=C7\NC(=O)C(C)=C7C=C)c(C)c6CCC(=O)OC)c(CCC(=O)OC)c5C)=NC4=O)=C3C)c(C)c2CCC(=O)OC)c(CCC(=O)OC)c1C. The highest BCUT2D eigenvalue weighted by Gasteiger charge is 2.45. The molecular weight excluding hydrogens is 1140 g/mol. The van der Waals surface area contributed by atoms with Gasteiger partial charge in [-0.1, -0.05) is 25.3 Å². The van der Waals surface area contributed by atoms with Crippen LogP contribution in [0.1, 0.15) is 134 Å². The Hall–Kier alpha value is -9.98. The number of H-pyrrole nitrogens is 4. The fraction of sp³-hybridized carbons (Fsp3) is 0.343. The van der Waals surface area contributed by atoms with Gasteiger partial charge in [-0.3, -0.25) is 38.4 Å². The van der Waals surface area contributed by atoms with Gasteiger partial charge in [-0.25, -0.2) is 9.98 Å². The quantitative estimate of drug-likeness (QED) is 0.0382. The van der Waals surface area contributed by atoms with Gasteiger partial charge in [0.05, 0.1) is 51.3 Å². The number of nitrogens with zero attached hydrogens (tertiary/aromatic N) is 2. The number of allylic oxidation sites excluding steroid dienone is 4. The van der Waals surface area contributed by atoms with Gasteiger partial charge in [0.15, 0.2) is 0 Å². The molecule has 1 aliphatic carbocycles. The lowest BCUT2D eigenvalue weighted by Crippen LogP contribution is -2.33. The summed E-state index contributed by atoms with van der Waals surface area (Å²) < 4.78 is 20.1. The van der Waals surface area contributed by atoms with E-state index in [2.05, 4.69) is 53.7 Å². The van der Waals surface area contributed by atoms with Crippen LogP contribution in [0, 0.1) is 39.5 Å². The summed E-state index contributed by atoms with van der Waals surface area (Å²) in [5.74, 6) is -3.37. The molecule has 0 spiro atoms. The highest BCUT2D eigenvalue weighted by molar-refractivity contribution is 6.32. The molecular formula is C70H76N8O12. The van der Waals surface area contributed by atoms with Crippen molar-refractivity contribution in [3.05, 3.63) is 170 Å². The standard InChI is InChI=1S/C70H76N8O12/c1-15-41-37(7)67(83)77-55(41)29-51-35(5)45(21-25-63(81)89-13)59(73-51)31-57-43(19-23-61(79)87-11)33(3)49(71-57)27-53-39(9)65(69(85)75-53)47-17-18-48(47)66-40(10)54(76-70(66)86)28-50-34(4)44(20-24-62(80)88-12)58(72-50)32-60-46(22-26-64(82)90-14)36(6)52(74-60)30-56-42(16-2)38(8)68(84)78-56/h15-16,27-32,47-48,71-74H,1-2,17-26H2,3-14H3,(H,77,83)(H,78,84)/b49-27-,50-28+,55-29-,56-30-,57-31+,58-32-/t47-,48+/m0/s1. The maximum absolute atomic E-state index is 14.2. The van der Waals surface area contributed by atoms with Crippen molar-refractivity contribution in [1.29, 1.82) is 0 Å². The van der Waals surface area contributed by atoms with Crippen LogP contribution < -0.4 is 32.0 Å². The molecule has 20 heteroatoms. The Kier molecular flexibility index (Phi) is 19.2. The second-order valence-corrected chi connectivity index (χ2v) is 23.1. The van der Waals surface area contributed by atoms with Crippen molar-refractivity contribution in [2.75, 3.05) is 28.4 Å². The molecule has 0 saturated heterocycles. The van der Waals surface area contributed by atoms with E-state index in [0.29, 0.717) is 150 Å². The maximum atomic E-state index is 14.2. The number of aromatic nitrogens is 4. The van der Waals surface area contributed by atoms with Gasteiger partial charge in [-0.15, -0.1) is 0 Å². The van der Waals surface area contributed by atoms with Gasteiger partial charge in [0, 0.05) is 103 Å². The highest BCUT2D eigenvalue weighted by Crippen LogP contribution is 2.49. The van der Waals surface area contributed by atoms with Crippen LogP contribution in [0.4, 0.5) is 0 Å². The van der Waals surface area contributed by atoms with Crippen LogP contribution in [0.25, 0.3) is 36.5 Å². The van der Waals surface area contributed by atoms with Crippen LogP contribution in [-0.4, -0.2) is 107 Å². The number of carbonyl (C=O) groups excluding carboxylic acids is 8. The van der Waals surface area contributed by atoms with E-state index in [1.54, 1.807) is 26.0 Å². The molecule has 90 heavy (non-hydrogen) atoms. The van der Waals surface area contributed by atoms with Crippen molar-refractivity contribution in [3.63, 3.8) is 0 Å². The predicted octanol–water partition coefficient (Wildman–Crippen LogP) is 6.14. The Morgan fingerprint density at radius 3 is 1.08 bits per heavy atom. The zero-order valence-electron chi connectivity index (χ0n) is 53.1. The number of esters is 4. The van der Waals surface area contributed by atoms with Crippen LogP contribution in [0.2, 0.25) is 0 Å². The van der Waals surface area contributed by atoms with E-state index >= 15 is 0 Å². The summed E-state index contributed by atoms with van der Waals surface area (Å²) in [6, 6.07) is 0. The van der Waals surface area contributed by atoms with Crippen LogP contribution in [0.5, 0.6) is 0 Å².